The fourth-order valence-electron chi connectivity index (χ4n) is 3.51. The van der Waals surface area contributed by atoms with Gasteiger partial charge in [0.25, 0.3) is 0 Å². The summed E-state index contributed by atoms with van der Waals surface area (Å²) in [5, 5.41) is 10.2. The first-order chi connectivity index (χ1) is 8.24. The standard InChI is InChI=1S/C15H29NO/c1-13-5-4-9-16(10-8-13)12-15(17)11-14-6-2-3-7-14/h13-15,17H,2-12H2,1H3. The number of aliphatic hydroxyl groups is 1. The van der Waals surface area contributed by atoms with E-state index in [-0.39, 0.29) is 6.10 Å². The molecule has 2 nitrogen and oxygen atoms in total. The third-order valence-corrected chi connectivity index (χ3v) is 4.66. The van der Waals surface area contributed by atoms with Crippen LogP contribution in [-0.2, 0) is 0 Å². The second-order valence-electron chi connectivity index (χ2n) is 6.38. The minimum Gasteiger partial charge on any atom is -0.392 e. The summed E-state index contributed by atoms with van der Waals surface area (Å²) in [6, 6.07) is 0. The van der Waals surface area contributed by atoms with Gasteiger partial charge in [-0.1, -0.05) is 32.6 Å². The summed E-state index contributed by atoms with van der Waals surface area (Å²) in [6.07, 6.45) is 10.5. The molecular formula is C15H29NO. The van der Waals surface area contributed by atoms with Gasteiger partial charge in [-0.2, -0.15) is 0 Å². The maximum absolute atomic E-state index is 10.2. The summed E-state index contributed by atoms with van der Waals surface area (Å²) >= 11 is 0. The minimum absolute atomic E-state index is 0.0773. The average molecular weight is 239 g/mol. The molecule has 0 aromatic carbocycles. The third kappa shape index (κ3) is 4.59. The van der Waals surface area contributed by atoms with Gasteiger partial charge in [-0.05, 0) is 50.6 Å². The molecule has 0 amide bonds. The molecule has 2 fully saturated rings. The summed E-state index contributed by atoms with van der Waals surface area (Å²) in [5.41, 5.74) is 0. The van der Waals surface area contributed by atoms with Crippen molar-refractivity contribution in [1.29, 1.82) is 0 Å². The summed E-state index contributed by atoms with van der Waals surface area (Å²) in [7, 11) is 0. The molecule has 1 saturated carbocycles. The van der Waals surface area contributed by atoms with E-state index in [1.165, 1.54) is 58.0 Å². The lowest BCUT2D eigenvalue weighted by Crippen LogP contribution is -2.34. The number of likely N-dealkylation sites (tertiary alicyclic amines) is 1. The lowest BCUT2D eigenvalue weighted by Gasteiger charge is -2.24. The van der Waals surface area contributed by atoms with E-state index in [4.69, 9.17) is 0 Å². The van der Waals surface area contributed by atoms with Gasteiger partial charge in [-0.25, -0.2) is 0 Å². The van der Waals surface area contributed by atoms with E-state index in [1.807, 2.05) is 0 Å². The van der Waals surface area contributed by atoms with Crippen molar-refractivity contribution in [3.05, 3.63) is 0 Å². The smallest absolute Gasteiger partial charge is 0.0669 e. The third-order valence-electron chi connectivity index (χ3n) is 4.66. The first-order valence-corrected chi connectivity index (χ1v) is 7.64. The van der Waals surface area contributed by atoms with Crippen molar-refractivity contribution in [2.24, 2.45) is 11.8 Å². The number of β-amino-alcohol motifs (C(OH)–C–C–N with tert-alkyl or cyclic N) is 1. The zero-order valence-electron chi connectivity index (χ0n) is 11.4. The van der Waals surface area contributed by atoms with Gasteiger partial charge in [-0.3, -0.25) is 0 Å². The van der Waals surface area contributed by atoms with Gasteiger partial charge in [0, 0.05) is 6.54 Å². The van der Waals surface area contributed by atoms with E-state index in [1.54, 1.807) is 0 Å². The van der Waals surface area contributed by atoms with Gasteiger partial charge in [0.1, 0.15) is 0 Å². The summed E-state index contributed by atoms with van der Waals surface area (Å²) in [6.45, 7) is 5.68. The molecule has 0 bridgehead atoms. The average Bonchev–Trinajstić information content (AvgIpc) is 2.70. The van der Waals surface area contributed by atoms with E-state index in [0.717, 1.165) is 24.8 Å². The highest BCUT2D eigenvalue weighted by Gasteiger charge is 2.21. The Labute approximate surface area is 106 Å². The van der Waals surface area contributed by atoms with Crippen LogP contribution in [0.3, 0.4) is 0 Å². The quantitative estimate of drug-likeness (QED) is 0.815. The maximum atomic E-state index is 10.2. The second-order valence-corrected chi connectivity index (χ2v) is 6.38. The molecule has 0 spiro atoms. The van der Waals surface area contributed by atoms with Crippen LogP contribution in [-0.4, -0.2) is 35.7 Å². The highest BCUT2D eigenvalue weighted by atomic mass is 16.3. The Hall–Kier alpha value is -0.0800. The molecule has 1 heterocycles. The van der Waals surface area contributed by atoms with Crippen molar-refractivity contribution < 1.29 is 5.11 Å². The normalized spacial score (nSPS) is 30.4. The van der Waals surface area contributed by atoms with Crippen LogP contribution in [0.25, 0.3) is 0 Å². The summed E-state index contributed by atoms with van der Waals surface area (Å²) in [5.74, 6) is 1.70. The Bertz CT molecular complexity index is 213. The van der Waals surface area contributed by atoms with Crippen LogP contribution < -0.4 is 0 Å². The highest BCUT2D eigenvalue weighted by Crippen LogP contribution is 2.29. The van der Waals surface area contributed by atoms with Gasteiger partial charge in [0.15, 0.2) is 0 Å². The van der Waals surface area contributed by atoms with Gasteiger partial charge in [0.05, 0.1) is 6.10 Å². The topological polar surface area (TPSA) is 23.5 Å². The molecule has 2 rings (SSSR count). The van der Waals surface area contributed by atoms with Gasteiger partial charge in [-0.15, -0.1) is 0 Å². The van der Waals surface area contributed by atoms with E-state index < -0.39 is 0 Å². The van der Waals surface area contributed by atoms with Gasteiger partial charge in [0.2, 0.25) is 0 Å². The van der Waals surface area contributed by atoms with Crippen LogP contribution in [0.15, 0.2) is 0 Å². The first kappa shape index (κ1) is 13.4. The Morgan fingerprint density at radius 1 is 1.06 bits per heavy atom. The van der Waals surface area contributed by atoms with Crippen molar-refractivity contribution in [3.63, 3.8) is 0 Å². The molecule has 17 heavy (non-hydrogen) atoms. The van der Waals surface area contributed by atoms with Crippen LogP contribution in [0.2, 0.25) is 0 Å². The molecule has 1 N–H and O–H groups in total. The molecule has 0 radical (unpaired) electrons. The van der Waals surface area contributed by atoms with Crippen LogP contribution in [0, 0.1) is 11.8 Å². The first-order valence-electron chi connectivity index (χ1n) is 7.64. The van der Waals surface area contributed by atoms with Gasteiger partial charge < -0.3 is 10.0 Å². The SMILES string of the molecule is CC1CCCN(CC(O)CC2CCCC2)CC1. The van der Waals surface area contributed by atoms with E-state index in [9.17, 15) is 5.11 Å². The Kier molecular flexibility index (Phi) is 5.30. The van der Waals surface area contributed by atoms with Crippen molar-refractivity contribution in [3.8, 4) is 0 Å². The summed E-state index contributed by atoms with van der Waals surface area (Å²) < 4.78 is 0. The van der Waals surface area contributed by atoms with Crippen molar-refractivity contribution >= 4 is 0 Å². The van der Waals surface area contributed by atoms with Gasteiger partial charge >= 0.3 is 0 Å². The van der Waals surface area contributed by atoms with Crippen LogP contribution in [0.5, 0.6) is 0 Å². The zero-order chi connectivity index (χ0) is 12.1. The van der Waals surface area contributed by atoms with E-state index in [0.29, 0.717) is 0 Å². The molecule has 0 aromatic heterocycles. The highest BCUT2D eigenvalue weighted by molar-refractivity contribution is 4.75. The van der Waals surface area contributed by atoms with Crippen LogP contribution in [0.4, 0.5) is 0 Å². The predicted octanol–water partition coefficient (Wildman–Crippen LogP) is 3.05. The molecule has 2 aliphatic rings. The molecule has 0 aromatic rings. The molecule has 1 aliphatic heterocycles. The number of aliphatic hydroxyl groups excluding tert-OH is 1. The Balaban J connectivity index is 1.67. The maximum Gasteiger partial charge on any atom is 0.0669 e. The molecule has 1 saturated heterocycles. The van der Waals surface area contributed by atoms with Crippen molar-refractivity contribution in [1.82, 2.24) is 4.90 Å². The minimum atomic E-state index is -0.0773. The fourth-order valence-corrected chi connectivity index (χ4v) is 3.51. The molecule has 2 atom stereocenters. The molecular weight excluding hydrogens is 210 g/mol. The number of hydrogen-bond donors (Lipinski definition) is 1. The summed E-state index contributed by atoms with van der Waals surface area (Å²) in [4.78, 5) is 2.49. The largest absolute Gasteiger partial charge is 0.392 e. The predicted molar refractivity (Wildman–Crippen MR) is 72.0 cm³/mol. The number of hydrogen-bond acceptors (Lipinski definition) is 2. The number of rotatable bonds is 4. The van der Waals surface area contributed by atoms with Crippen LogP contribution >= 0.6 is 0 Å². The zero-order valence-corrected chi connectivity index (χ0v) is 11.4. The van der Waals surface area contributed by atoms with E-state index in [2.05, 4.69) is 11.8 Å². The van der Waals surface area contributed by atoms with Crippen molar-refractivity contribution in [2.45, 2.75) is 64.4 Å². The van der Waals surface area contributed by atoms with E-state index >= 15 is 0 Å². The molecule has 100 valence electrons. The molecule has 2 heteroatoms. The van der Waals surface area contributed by atoms with Crippen LogP contribution in [0.1, 0.15) is 58.3 Å². The lowest BCUT2D eigenvalue weighted by atomic mass is 10.00. The molecule has 1 aliphatic carbocycles. The second kappa shape index (κ2) is 6.75. The fraction of sp³-hybridized carbons (Fsp3) is 1.00. The molecule has 2 unspecified atom stereocenters. The lowest BCUT2D eigenvalue weighted by molar-refractivity contribution is 0.0922. The Morgan fingerprint density at radius 2 is 1.82 bits per heavy atom. The Morgan fingerprint density at radius 3 is 2.59 bits per heavy atom. The van der Waals surface area contributed by atoms with Crippen molar-refractivity contribution in [2.75, 3.05) is 19.6 Å². The monoisotopic (exact) mass is 239 g/mol. The number of nitrogens with zero attached hydrogens (tertiary/aromatic N) is 1.